The highest BCUT2D eigenvalue weighted by Gasteiger charge is 1.97. The molecule has 0 N–H and O–H groups in total. The first-order valence-corrected chi connectivity index (χ1v) is 4.17. The van der Waals surface area contributed by atoms with Crippen LogP contribution in [0.25, 0.3) is 0 Å². The molecular formula is C6H5Br2NO. The van der Waals surface area contributed by atoms with Crippen molar-refractivity contribution in [2.45, 2.75) is 0 Å². The summed E-state index contributed by atoms with van der Waals surface area (Å²) in [6, 6.07) is 1.80. The molecule has 0 unspecified atom stereocenters. The molecule has 54 valence electrons. The molecule has 0 aliphatic rings. The van der Waals surface area contributed by atoms with E-state index in [1.807, 2.05) is 0 Å². The van der Waals surface area contributed by atoms with Crippen LogP contribution in [-0.2, 0) is 0 Å². The van der Waals surface area contributed by atoms with Crippen LogP contribution < -0.4 is 4.74 Å². The Hall–Kier alpha value is -0.0900. The highest BCUT2D eigenvalue weighted by atomic mass is 79.9. The van der Waals surface area contributed by atoms with Gasteiger partial charge in [-0.2, -0.15) is 0 Å². The largest absolute Gasteiger partial charge is 0.481 e. The van der Waals surface area contributed by atoms with Crippen molar-refractivity contribution in [3.8, 4) is 5.88 Å². The Balaban J connectivity index is 3.04. The van der Waals surface area contributed by atoms with E-state index in [-0.39, 0.29) is 0 Å². The summed E-state index contributed by atoms with van der Waals surface area (Å²) in [5.41, 5.74) is 0. The van der Waals surface area contributed by atoms with Crippen molar-refractivity contribution in [2.75, 3.05) is 7.11 Å². The standard InChI is InChI=1S/C6H5Br2NO/c1-10-6-2-4(7)5(8)3-9-6/h2-3H,1H3. The third-order valence-electron chi connectivity index (χ3n) is 0.993. The van der Waals surface area contributed by atoms with Gasteiger partial charge in [-0.3, -0.25) is 0 Å². The molecule has 0 fully saturated rings. The molecule has 0 amide bonds. The Morgan fingerprint density at radius 2 is 2.10 bits per heavy atom. The molecule has 0 bridgehead atoms. The molecule has 0 saturated heterocycles. The Morgan fingerprint density at radius 3 is 2.60 bits per heavy atom. The van der Waals surface area contributed by atoms with E-state index in [1.54, 1.807) is 19.4 Å². The Morgan fingerprint density at radius 1 is 1.40 bits per heavy atom. The molecule has 4 heteroatoms. The molecule has 1 aromatic rings. The van der Waals surface area contributed by atoms with E-state index in [9.17, 15) is 0 Å². The van der Waals surface area contributed by atoms with Gasteiger partial charge in [0.05, 0.1) is 11.6 Å². The van der Waals surface area contributed by atoms with Crippen LogP contribution in [0.4, 0.5) is 0 Å². The Kier molecular flexibility index (Phi) is 2.68. The minimum atomic E-state index is 0.607. The van der Waals surface area contributed by atoms with Gasteiger partial charge in [0.15, 0.2) is 0 Å². The predicted molar refractivity (Wildman–Crippen MR) is 46.2 cm³/mol. The summed E-state index contributed by atoms with van der Waals surface area (Å²) in [5.74, 6) is 0.607. The van der Waals surface area contributed by atoms with Crippen LogP contribution in [0.2, 0.25) is 0 Å². The molecule has 0 saturated carbocycles. The number of ether oxygens (including phenoxy) is 1. The van der Waals surface area contributed by atoms with Gasteiger partial charge in [0.25, 0.3) is 0 Å². The number of pyridine rings is 1. The number of rotatable bonds is 1. The van der Waals surface area contributed by atoms with Crippen molar-refractivity contribution < 1.29 is 4.74 Å². The number of hydrogen-bond donors (Lipinski definition) is 0. The van der Waals surface area contributed by atoms with E-state index in [2.05, 4.69) is 36.8 Å². The highest BCUT2D eigenvalue weighted by Crippen LogP contribution is 2.24. The van der Waals surface area contributed by atoms with E-state index in [4.69, 9.17) is 4.74 Å². The van der Waals surface area contributed by atoms with Crippen molar-refractivity contribution in [3.05, 3.63) is 21.2 Å². The van der Waals surface area contributed by atoms with Gasteiger partial charge in [-0.1, -0.05) is 0 Å². The zero-order valence-corrected chi connectivity index (χ0v) is 8.44. The number of aromatic nitrogens is 1. The van der Waals surface area contributed by atoms with Gasteiger partial charge in [0, 0.05) is 16.7 Å². The van der Waals surface area contributed by atoms with E-state index >= 15 is 0 Å². The zero-order valence-electron chi connectivity index (χ0n) is 5.27. The molecule has 0 radical (unpaired) electrons. The van der Waals surface area contributed by atoms with Gasteiger partial charge in [-0.25, -0.2) is 4.98 Å². The maximum absolute atomic E-state index is 4.89. The van der Waals surface area contributed by atoms with Crippen molar-refractivity contribution in [3.63, 3.8) is 0 Å². The van der Waals surface area contributed by atoms with E-state index in [0.717, 1.165) is 8.95 Å². The minimum absolute atomic E-state index is 0.607. The number of hydrogen-bond acceptors (Lipinski definition) is 2. The van der Waals surface area contributed by atoms with Crippen LogP contribution in [0.1, 0.15) is 0 Å². The topological polar surface area (TPSA) is 22.1 Å². The zero-order chi connectivity index (χ0) is 7.56. The minimum Gasteiger partial charge on any atom is -0.481 e. The summed E-state index contributed by atoms with van der Waals surface area (Å²) in [6.45, 7) is 0. The lowest BCUT2D eigenvalue weighted by Gasteiger charge is -1.98. The maximum Gasteiger partial charge on any atom is 0.214 e. The van der Waals surface area contributed by atoms with Gasteiger partial charge in [-0.15, -0.1) is 0 Å². The summed E-state index contributed by atoms with van der Waals surface area (Å²) < 4.78 is 6.76. The van der Waals surface area contributed by atoms with Gasteiger partial charge in [0.2, 0.25) is 5.88 Å². The fourth-order valence-electron chi connectivity index (χ4n) is 0.508. The van der Waals surface area contributed by atoms with Gasteiger partial charge >= 0.3 is 0 Å². The van der Waals surface area contributed by atoms with Crippen LogP contribution in [0.5, 0.6) is 5.88 Å². The molecule has 0 aromatic carbocycles. The third-order valence-corrected chi connectivity index (χ3v) is 2.81. The summed E-state index contributed by atoms with van der Waals surface area (Å²) in [7, 11) is 1.59. The van der Waals surface area contributed by atoms with Crippen LogP contribution in [0, 0.1) is 0 Å². The summed E-state index contributed by atoms with van der Waals surface area (Å²) in [5, 5.41) is 0. The first-order chi connectivity index (χ1) is 4.74. The molecule has 0 spiro atoms. The van der Waals surface area contributed by atoms with E-state index < -0.39 is 0 Å². The Labute approximate surface area is 75.9 Å². The smallest absolute Gasteiger partial charge is 0.214 e. The van der Waals surface area contributed by atoms with Crippen LogP contribution in [0.15, 0.2) is 21.2 Å². The first-order valence-electron chi connectivity index (χ1n) is 2.59. The fourth-order valence-corrected chi connectivity index (χ4v) is 1.02. The average Bonchev–Trinajstić information content (AvgIpc) is 1.95. The number of halogens is 2. The summed E-state index contributed by atoms with van der Waals surface area (Å²) >= 11 is 6.61. The fraction of sp³-hybridized carbons (Fsp3) is 0.167. The Bertz CT molecular complexity index is 239. The number of methoxy groups -OCH3 is 1. The second-order valence-corrected chi connectivity index (χ2v) is 3.35. The molecule has 1 aromatic heterocycles. The van der Waals surface area contributed by atoms with E-state index in [1.165, 1.54) is 0 Å². The average molecular weight is 267 g/mol. The highest BCUT2D eigenvalue weighted by molar-refractivity contribution is 9.13. The van der Waals surface area contributed by atoms with Gasteiger partial charge in [-0.05, 0) is 31.9 Å². The quantitative estimate of drug-likeness (QED) is 0.780. The molecule has 1 heterocycles. The molecule has 0 atom stereocenters. The van der Waals surface area contributed by atoms with Gasteiger partial charge < -0.3 is 4.74 Å². The second kappa shape index (κ2) is 3.34. The van der Waals surface area contributed by atoms with Crippen LogP contribution in [-0.4, -0.2) is 12.1 Å². The molecule has 0 aliphatic heterocycles. The van der Waals surface area contributed by atoms with E-state index in [0.29, 0.717) is 5.88 Å². The summed E-state index contributed by atoms with van der Waals surface area (Å²) in [6.07, 6.45) is 1.68. The van der Waals surface area contributed by atoms with Crippen molar-refractivity contribution >= 4 is 31.9 Å². The number of nitrogens with zero attached hydrogens (tertiary/aromatic N) is 1. The third kappa shape index (κ3) is 1.70. The van der Waals surface area contributed by atoms with Crippen molar-refractivity contribution in [2.24, 2.45) is 0 Å². The molecule has 1 rings (SSSR count). The SMILES string of the molecule is COc1cc(Br)c(Br)cn1. The lowest BCUT2D eigenvalue weighted by Crippen LogP contribution is -1.86. The summed E-state index contributed by atoms with van der Waals surface area (Å²) in [4.78, 5) is 3.96. The van der Waals surface area contributed by atoms with Crippen molar-refractivity contribution in [1.29, 1.82) is 0 Å². The molecule has 2 nitrogen and oxygen atoms in total. The maximum atomic E-state index is 4.89. The molecule has 10 heavy (non-hydrogen) atoms. The molecule has 0 aliphatic carbocycles. The lowest BCUT2D eigenvalue weighted by atomic mass is 10.5. The van der Waals surface area contributed by atoms with Crippen LogP contribution >= 0.6 is 31.9 Å². The monoisotopic (exact) mass is 265 g/mol. The van der Waals surface area contributed by atoms with Crippen molar-refractivity contribution in [1.82, 2.24) is 4.98 Å². The predicted octanol–water partition coefficient (Wildman–Crippen LogP) is 2.62. The molecular weight excluding hydrogens is 262 g/mol. The van der Waals surface area contributed by atoms with Gasteiger partial charge in [0.1, 0.15) is 0 Å². The van der Waals surface area contributed by atoms with Crippen LogP contribution in [0.3, 0.4) is 0 Å². The first kappa shape index (κ1) is 8.01. The second-order valence-electron chi connectivity index (χ2n) is 1.64. The lowest BCUT2D eigenvalue weighted by molar-refractivity contribution is 0.397. The normalized spacial score (nSPS) is 9.50.